The van der Waals surface area contributed by atoms with E-state index in [9.17, 15) is 15.0 Å². The number of hydrogen-bond donors (Lipinski definition) is 2. The largest absolute Gasteiger partial charge is 0.481 e. The van der Waals surface area contributed by atoms with Crippen LogP contribution in [0.2, 0.25) is 0 Å². The predicted octanol–water partition coefficient (Wildman–Crippen LogP) is 6.70. The predicted molar refractivity (Wildman–Crippen MR) is 126 cm³/mol. The van der Waals surface area contributed by atoms with Crippen molar-refractivity contribution in [2.24, 2.45) is 52.3 Å². The zero-order chi connectivity index (χ0) is 22.6. The van der Waals surface area contributed by atoms with Crippen LogP contribution in [0.4, 0.5) is 0 Å². The van der Waals surface area contributed by atoms with Gasteiger partial charge in [-0.3, -0.25) is 4.79 Å². The van der Waals surface area contributed by atoms with Crippen LogP contribution in [-0.2, 0) is 4.79 Å². The fraction of sp³-hybridized carbons (Fsp3) is 0.893. The van der Waals surface area contributed by atoms with Gasteiger partial charge in [0.15, 0.2) is 0 Å². The fourth-order valence-electron chi connectivity index (χ4n) is 9.21. The molecule has 3 saturated carbocycles. The molecule has 3 heteroatoms. The van der Waals surface area contributed by atoms with Gasteiger partial charge in [-0.05, 0) is 85.9 Å². The van der Waals surface area contributed by atoms with Crippen molar-refractivity contribution < 1.29 is 15.0 Å². The molecule has 2 N–H and O–H groups in total. The van der Waals surface area contributed by atoms with Crippen LogP contribution < -0.4 is 0 Å². The third-order valence-electron chi connectivity index (χ3n) is 10.7. The molecule has 0 amide bonds. The van der Waals surface area contributed by atoms with E-state index < -0.39 is 18.0 Å². The molecule has 0 aromatic carbocycles. The van der Waals surface area contributed by atoms with E-state index in [1.54, 1.807) is 0 Å². The maximum atomic E-state index is 12.3. The number of carboxylic acids is 1. The Morgan fingerprint density at radius 2 is 1.84 bits per heavy atom. The Bertz CT molecular complexity index is 711. The van der Waals surface area contributed by atoms with E-state index >= 15 is 0 Å². The zero-order valence-electron chi connectivity index (χ0n) is 20.6. The van der Waals surface area contributed by atoms with Crippen molar-refractivity contribution in [2.45, 2.75) is 105 Å². The Morgan fingerprint density at radius 3 is 2.52 bits per heavy atom. The minimum atomic E-state index is -0.794. The van der Waals surface area contributed by atoms with Gasteiger partial charge in [-0.15, -0.1) is 0 Å². The van der Waals surface area contributed by atoms with Crippen molar-refractivity contribution in [3.05, 3.63) is 11.6 Å². The third-order valence-corrected chi connectivity index (χ3v) is 10.7. The minimum Gasteiger partial charge on any atom is -0.481 e. The Balaban J connectivity index is 1.56. The van der Waals surface area contributed by atoms with Gasteiger partial charge < -0.3 is 10.2 Å². The number of carbonyl (C=O) groups is 1. The number of aliphatic hydroxyl groups excluding tert-OH is 1. The van der Waals surface area contributed by atoms with Crippen LogP contribution in [0, 0.1) is 52.3 Å². The first-order chi connectivity index (χ1) is 14.6. The lowest BCUT2D eigenvalue weighted by Crippen LogP contribution is -2.57. The molecule has 0 aromatic heterocycles. The number of carboxylic acid groups (broad SMARTS) is 1. The maximum absolute atomic E-state index is 12.3. The van der Waals surface area contributed by atoms with Gasteiger partial charge in [0.1, 0.15) is 0 Å². The minimum absolute atomic E-state index is 0.366. The molecule has 4 aliphatic rings. The van der Waals surface area contributed by atoms with Gasteiger partial charge in [-0.25, -0.2) is 0 Å². The summed E-state index contributed by atoms with van der Waals surface area (Å²) in [5, 5.41) is 20.8. The zero-order valence-corrected chi connectivity index (χ0v) is 20.6. The standard InChI is InChI=1S/C28H46O3/c1-17(2)7-6-8-18(3)21-12-13-22-20-11-9-19-10-14-24(29)25(26(30)31)28(19,5)23(20)15-16-27(21,22)4/h9,17-18,20-25,29H,6-8,10-16H2,1-5H3,(H,30,31)/t18-,20+,21-,22+,23+,24?,25?,27-,28+/m1/s1. The van der Waals surface area contributed by atoms with Gasteiger partial charge in [0.2, 0.25) is 0 Å². The lowest BCUT2D eigenvalue weighted by Gasteiger charge is -2.60. The van der Waals surface area contributed by atoms with Gasteiger partial charge in [-0.2, -0.15) is 0 Å². The molecule has 0 radical (unpaired) electrons. The van der Waals surface area contributed by atoms with E-state index in [4.69, 9.17) is 0 Å². The van der Waals surface area contributed by atoms with Gasteiger partial charge >= 0.3 is 5.97 Å². The molecular weight excluding hydrogens is 384 g/mol. The normalized spacial score (nSPS) is 45.5. The summed E-state index contributed by atoms with van der Waals surface area (Å²) in [5.74, 6) is 2.69. The van der Waals surface area contributed by atoms with Gasteiger partial charge in [0.25, 0.3) is 0 Å². The summed E-state index contributed by atoms with van der Waals surface area (Å²) in [6, 6.07) is 0. The first kappa shape index (κ1) is 23.3. The highest BCUT2D eigenvalue weighted by Crippen LogP contribution is 2.68. The van der Waals surface area contributed by atoms with Crippen LogP contribution in [-0.4, -0.2) is 22.3 Å². The molecule has 0 aliphatic heterocycles. The molecule has 3 fully saturated rings. The second kappa shape index (κ2) is 8.50. The average molecular weight is 431 g/mol. The lowest BCUT2D eigenvalue weighted by molar-refractivity contribution is -0.161. The smallest absolute Gasteiger partial charge is 0.310 e. The van der Waals surface area contributed by atoms with Crippen LogP contribution >= 0.6 is 0 Å². The van der Waals surface area contributed by atoms with E-state index in [0.29, 0.717) is 29.6 Å². The monoisotopic (exact) mass is 430 g/mol. The van der Waals surface area contributed by atoms with E-state index in [1.165, 1.54) is 44.1 Å². The summed E-state index contributed by atoms with van der Waals surface area (Å²) in [6.45, 7) is 11.9. The number of hydrogen-bond acceptors (Lipinski definition) is 2. The van der Waals surface area contributed by atoms with Crippen LogP contribution in [0.15, 0.2) is 11.6 Å². The Labute approximate surface area is 190 Å². The van der Waals surface area contributed by atoms with Crippen LogP contribution in [0.5, 0.6) is 0 Å². The van der Waals surface area contributed by atoms with Crippen molar-refractivity contribution in [1.29, 1.82) is 0 Å². The molecule has 0 heterocycles. The number of rotatable bonds is 6. The number of aliphatic hydroxyl groups is 1. The summed E-state index contributed by atoms with van der Waals surface area (Å²) in [4.78, 5) is 12.3. The Morgan fingerprint density at radius 1 is 1.10 bits per heavy atom. The highest BCUT2D eigenvalue weighted by molar-refractivity contribution is 5.73. The molecule has 0 saturated heterocycles. The molecule has 3 nitrogen and oxygen atoms in total. The second-order valence-corrected chi connectivity index (χ2v) is 12.6. The van der Waals surface area contributed by atoms with Crippen LogP contribution in [0.3, 0.4) is 0 Å². The SMILES string of the molecule is CC(C)CCC[C@@H](C)[C@H]1CC[C@H]2[C@@H]3CC=C4CCC(O)C(C(=O)O)[C@]4(C)[C@H]3CC[C@]12C. The molecule has 4 rings (SSSR count). The molecule has 9 atom stereocenters. The number of allylic oxidation sites excluding steroid dienone is 2. The maximum Gasteiger partial charge on any atom is 0.310 e. The quantitative estimate of drug-likeness (QED) is 0.461. The highest BCUT2D eigenvalue weighted by atomic mass is 16.4. The average Bonchev–Trinajstić information content (AvgIpc) is 3.04. The van der Waals surface area contributed by atoms with Crippen molar-refractivity contribution >= 4 is 5.97 Å². The fourth-order valence-corrected chi connectivity index (χ4v) is 9.21. The van der Waals surface area contributed by atoms with E-state index in [2.05, 4.69) is 40.7 Å². The van der Waals surface area contributed by atoms with E-state index in [-0.39, 0.29) is 5.41 Å². The Hall–Kier alpha value is -0.830. The summed E-state index contributed by atoms with van der Waals surface area (Å²) >= 11 is 0. The Kier molecular flexibility index (Phi) is 6.40. The molecule has 2 unspecified atom stereocenters. The van der Waals surface area contributed by atoms with Gasteiger partial charge in [-0.1, -0.05) is 65.5 Å². The second-order valence-electron chi connectivity index (χ2n) is 12.6. The topological polar surface area (TPSA) is 57.5 Å². The van der Waals surface area contributed by atoms with Crippen molar-refractivity contribution in [2.75, 3.05) is 0 Å². The summed E-state index contributed by atoms with van der Waals surface area (Å²) in [6.07, 6.45) is 13.4. The van der Waals surface area contributed by atoms with Crippen LogP contribution in [0.1, 0.15) is 98.8 Å². The first-order valence-electron chi connectivity index (χ1n) is 13.2. The third kappa shape index (κ3) is 3.71. The molecule has 0 spiro atoms. The molecule has 176 valence electrons. The number of aliphatic carboxylic acids is 1. The first-order valence-corrected chi connectivity index (χ1v) is 13.2. The molecule has 0 bridgehead atoms. The van der Waals surface area contributed by atoms with Crippen molar-refractivity contribution in [1.82, 2.24) is 0 Å². The van der Waals surface area contributed by atoms with Crippen molar-refractivity contribution in [3.63, 3.8) is 0 Å². The molecule has 0 aromatic rings. The van der Waals surface area contributed by atoms with Gasteiger partial charge in [0.05, 0.1) is 12.0 Å². The molecular formula is C28H46O3. The lowest BCUT2D eigenvalue weighted by atomic mass is 9.44. The van der Waals surface area contributed by atoms with E-state index in [1.807, 2.05) is 0 Å². The summed E-state index contributed by atoms with van der Waals surface area (Å²) in [7, 11) is 0. The highest BCUT2D eigenvalue weighted by Gasteiger charge is 2.62. The molecule has 4 aliphatic carbocycles. The van der Waals surface area contributed by atoms with E-state index in [0.717, 1.165) is 37.0 Å². The summed E-state index contributed by atoms with van der Waals surface area (Å²) < 4.78 is 0. The van der Waals surface area contributed by atoms with Crippen LogP contribution in [0.25, 0.3) is 0 Å². The number of fused-ring (bicyclic) bond motifs is 5. The van der Waals surface area contributed by atoms with Gasteiger partial charge in [0, 0.05) is 5.41 Å². The van der Waals surface area contributed by atoms with Crippen molar-refractivity contribution in [3.8, 4) is 0 Å². The molecule has 31 heavy (non-hydrogen) atoms. The summed E-state index contributed by atoms with van der Waals surface area (Å²) in [5.41, 5.74) is 1.38.